The highest BCUT2D eigenvalue weighted by molar-refractivity contribution is 5.87. The van der Waals surface area contributed by atoms with Gasteiger partial charge in [0.05, 0.1) is 5.69 Å². The molecule has 0 aromatic carbocycles. The van der Waals surface area contributed by atoms with E-state index in [1.165, 1.54) is 6.20 Å². The van der Waals surface area contributed by atoms with Crippen LogP contribution in [0.1, 0.15) is 31.4 Å². The summed E-state index contributed by atoms with van der Waals surface area (Å²) in [5, 5.41) is 15.8. The van der Waals surface area contributed by atoms with E-state index >= 15 is 0 Å². The van der Waals surface area contributed by atoms with E-state index in [4.69, 9.17) is 0 Å². The van der Waals surface area contributed by atoms with Gasteiger partial charge >= 0.3 is 5.97 Å². The van der Waals surface area contributed by atoms with Gasteiger partial charge in [-0.2, -0.15) is 5.10 Å². The van der Waals surface area contributed by atoms with E-state index in [1.807, 2.05) is 0 Å². The molecule has 1 aliphatic carbocycles. The van der Waals surface area contributed by atoms with Crippen LogP contribution in [0.2, 0.25) is 0 Å². The lowest BCUT2D eigenvalue weighted by atomic mass is 9.71. The second-order valence-electron chi connectivity index (χ2n) is 3.90. The van der Waals surface area contributed by atoms with E-state index < -0.39 is 11.4 Å². The Morgan fingerprint density at radius 3 is 2.60 bits per heavy atom. The molecular formula is C10H12N2O3. The molecule has 80 valence electrons. The third kappa shape index (κ3) is 1.54. The molecule has 1 heterocycles. The average molecular weight is 208 g/mol. The van der Waals surface area contributed by atoms with Gasteiger partial charge in [0.1, 0.15) is 11.2 Å². The number of nitrogens with zero attached hydrogens (tertiary/aromatic N) is 1. The standard InChI is InChI=1S/C10H12N2O3/c13-7-1-4-10(5-2-7,9(14)15)8-3-6-11-12-8/h3,6H,1-2,4-5H2,(H,11,12)(H,14,15). The number of ketones is 1. The first kappa shape index (κ1) is 9.89. The van der Waals surface area contributed by atoms with Crippen LogP contribution in [-0.2, 0) is 15.0 Å². The van der Waals surface area contributed by atoms with Gasteiger partial charge in [-0.05, 0) is 18.9 Å². The number of hydrogen-bond acceptors (Lipinski definition) is 3. The lowest BCUT2D eigenvalue weighted by Gasteiger charge is -2.31. The van der Waals surface area contributed by atoms with Crippen LogP contribution in [-0.4, -0.2) is 27.1 Å². The Bertz CT molecular complexity index is 373. The monoisotopic (exact) mass is 208 g/mol. The van der Waals surface area contributed by atoms with E-state index in [-0.39, 0.29) is 5.78 Å². The number of aliphatic carboxylic acids is 1. The summed E-state index contributed by atoms with van der Waals surface area (Å²) in [4.78, 5) is 22.4. The van der Waals surface area contributed by atoms with Gasteiger partial charge in [-0.1, -0.05) is 0 Å². The van der Waals surface area contributed by atoms with Crippen molar-refractivity contribution < 1.29 is 14.7 Å². The van der Waals surface area contributed by atoms with E-state index in [0.29, 0.717) is 31.4 Å². The number of carboxylic acids is 1. The fourth-order valence-electron chi connectivity index (χ4n) is 2.08. The summed E-state index contributed by atoms with van der Waals surface area (Å²) in [5.74, 6) is -0.731. The van der Waals surface area contributed by atoms with E-state index in [1.54, 1.807) is 6.07 Å². The lowest BCUT2D eigenvalue weighted by molar-refractivity contribution is -0.146. The SMILES string of the molecule is O=C1CCC(C(=O)O)(c2ccn[nH]2)CC1. The molecule has 1 aromatic rings. The summed E-state index contributed by atoms with van der Waals surface area (Å²) in [7, 11) is 0. The van der Waals surface area contributed by atoms with Gasteiger partial charge in [0.2, 0.25) is 0 Å². The van der Waals surface area contributed by atoms with E-state index in [9.17, 15) is 14.7 Å². The maximum atomic E-state index is 11.3. The summed E-state index contributed by atoms with van der Waals surface area (Å²) in [6.07, 6.45) is 2.94. The molecule has 0 unspecified atom stereocenters. The van der Waals surface area contributed by atoms with Crippen molar-refractivity contribution >= 4 is 11.8 Å². The predicted octanol–water partition coefficient (Wildman–Crippen LogP) is 0.875. The van der Waals surface area contributed by atoms with Crippen molar-refractivity contribution in [3.8, 4) is 0 Å². The predicted molar refractivity (Wildman–Crippen MR) is 51.4 cm³/mol. The quantitative estimate of drug-likeness (QED) is 0.755. The minimum Gasteiger partial charge on any atom is -0.481 e. The minimum atomic E-state index is -0.940. The second-order valence-corrected chi connectivity index (χ2v) is 3.90. The molecule has 1 aromatic heterocycles. The smallest absolute Gasteiger partial charge is 0.315 e. The molecule has 5 heteroatoms. The molecule has 15 heavy (non-hydrogen) atoms. The molecule has 1 saturated carbocycles. The van der Waals surface area contributed by atoms with Crippen molar-refractivity contribution in [2.75, 3.05) is 0 Å². The fourth-order valence-corrected chi connectivity index (χ4v) is 2.08. The topological polar surface area (TPSA) is 83.1 Å². The third-order valence-electron chi connectivity index (χ3n) is 3.09. The van der Waals surface area contributed by atoms with Crippen molar-refractivity contribution in [1.82, 2.24) is 10.2 Å². The van der Waals surface area contributed by atoms with Crippen LogP contribution in [0.5, 0.6) is 0 Å². The Balaban J connectivity index is 2.34. The first-order valence-electron chi connectivity index (χ1n) is 4.90. The van der Waals surface area contributed by atoms with Crippen LogP contribution >= 0.6 is 0 Å². The number of carbonyl (C=O) groups is 2. The molecule has 0 atom stereocenters. The highest BCUT2D eigenvalue weighted by Gasteiger charge is 2.44. The zero-order valence-electron chi connectivity index (χ0n) is 8.19. The molecule has 2 rings (SSSR count). The number of Topliss-reactive ketones (excluding diaryl/α,β-unsaturated/α-hetero) is 1. The maximum absolute atomic E-state index is 11.3. The van der Waals surface area contributed by atoms with Crippen LogP contribution in [0.25, 0.3) is 0 Å². The number of rotatable bonds is 2. The van der Waals surface area contributed by atoms with Crippen molar-refractivity contribution in [3.05, 3.63) is 18.0 Å². The van der Waals surface area contributed by atoms with Crippen molar-refractivity contribution in [1.29, 1.82) is 0 Å². The lowest BCUT2D eigenvalue weighted by Crippen LogP contribution is -2.40. The number of aromatic nitrogens is 2. The molecule has 0 radical (unpaired) electrons. The molecule has 1 aliphatic rings. The first-order valence-corrected chi connectivity index (χ1v) is 4.90. The number of H-pyrrole nitrogens is 1. The largest absolute Gasteiger partial charge is 0.481 e. The van der Waals surface area contributed by atoms with Crippen molar-refractivity contribution in [2.24, 2.45) is 0 Å². The molecule has 0 aliphatic heterocycles. The molecule has 0 saturated heterocycles. The van der Waals surface area contributed by atoms with Crippen LogP contribution in [0.15, 0.2) is 12.3 Å². The van der Waals surface area contributed by atoms with Gasteiger partial charge in [-0.25, -0.2) is 0 Å². The Morgan fingerprint density at radius 2 is 2.13 bits per heavy atom. The highest BCUT2D eigenvalue weighted by Crippen LogP contribution is 2.37. The Morgan fingerprint density at radius 1 is 1.47 bits per heavy atom. The zero-order chi connectivity index (χ0) is 10.9. The van der Waals surface area contributed by atoms with Crippen molar-refractivity contribution in [2.45, 2.75) is 31.1 Å². The Hall–Kier alpha value is -1.65. The van der Waals surface area contributed by atoms with Gasteiger partial charge in [0.25, 0.3) is 0 Å². The first-order chi connectivity index (χ1) is 7.15. The number of carbonyl (C=O) groups excluding carboxylic acids is 1. The van der Waals surface area contributed by atoms with Crippen LogP contribution < -0.4 is 0 Å². The molecule has 2 N–H and O–H groups in total. The number of carboxylic acid groups (broad SMARTS) is 1. The van der Waals surface area contributed by atoms with Gasteiger partial charge in [0.15, 0.2) is 0 Å². The number of hydrogen-bond donors (Lipinski definition) is 2. The molecule has 1 fully saturated rings. The number of aromatic amines is 1. The molecule has 0 bridgehead atoms. The van der Waals surface area contributed by atoms with Crippen molar-refractivity contribution in [3.63, 3.8) is 0 Å². The van der Waals surface area contributed by atoms with Crippen LogP contribution in [0.3, 0.4) is 0 Å². The third-order valence-corrected chi connectivity index (χ3v) is 3.09. The summed E-state index contributed by atoms with van der Waals surface area (Å²) < 4.78 is 0. The summed E-state index contributed by atoms with van der Waals surface area (Å²) in [5.41, 5.74) is -0.341. The highest BCUT2D eigenvalue weighted by atomic mass is 16.4. The fraction of sp³-hybridized carbons (Fsp3) is 0.500. The van der Waals surface area contributed by atoms with Gasteiger partial charge in [-0.15, -0.1) is 0 Å². The second kappa shape index (κ2) is 3.49. The Labute approximate surface area is 86.5 Å². The summed E-state index contributed by atoms with van der Waals surface area (Å²) >= 11 is 0. The molecule has 0 amide bonds. The molecule has 5 nitrogen and oxygen atoms in total. The van der Waals surface area contributed by atoms with Gasteiger partial charge in [-0.3, -0.25) is 14.7 Å². The Kier molecular flexibility index (Phi) is 2.30. The molecule has 0 spiro atoms. The van der Waals surface area contributed by atoms with Crippen LogP contribution in [0, 0.1) is 0 Å². The normalized spacial score (nSPS) is 20.1. The summed E-state index contributed by atoms with van der Waals surface area (Å²) in [6.45, 7) is 0. The van der Waals surface area contributed by atoms with E-state index in [2.05, 4.69) is 10.2 Å². The van der Waals surface area contributed by atoms with Gasteiger partial charge < -0.3 is 5.11 Å². The maximum Gasteiger partial charge on any atom is 0.315 e. The van der Waals surface area contributed by atoms with Gasteiger partial charge in [0, 0.05) is 19.0 Å². The average Bonchev–Trinajstić information content (AvgIpc) is 2.72. The minimum absolute atomic E-state index is 0.145. The number of nitrogens with one attached hydrogen (secondary N) is 1. The molecular weight excluding hydrogens is 196 g/mol. The van der Waals surface area contributed by atoms with E-state index in [0.717, 1.165) is 0 Å². The zero-order valence-corrected chi connectivity index (χ0v) is 8.19. The summed E-state index contributed by atoms with van der Waals surface area (Å²) in [6, 6.07) is 1.67. The van der Waals surface area contributed by atoms with Crippen LogP contribution in [0.4, 0.5) is 0 Å².